The normalized spacial score (nSPS) is 21.4. The molecule has 2 aliphatic rings. The van der Waals surface area contributed by atoms with Crippen LogP contribution in [0.1, 0.15) is 42.5 Å². The van der Waals surface area contributed by atoms with Crippen LogP contribution in [0.25, 0.3) is 0 Å². The molecule has 4 rings (SSSR count). The lowest BCUT2D eigenvalue weighted by molar-refractivity contribution is -0.120. The Morgan fingerprint density at radius 2 is 1.64 bits per heavy atom. The van der Waals surface area contributed by atoms with E-state index < -0.39 is 0 Å². The van der Waals surface area contributed by atoms with E-state index in [1.165, 1.54) is 21.3 Å². The van der Waals surface area contributed by atoms with Crippen LogP contribution >= 0.6 is 23.2 Å². The van der Waals surface area contributed by atoms with Crippen LogP contribution in [-0.2, 0) is 4.79 Å². The van der Waals surface area contributed by atoms with E-state index in [-0.39, 0.29) is 36.5 Å². The van der Waals surface area contributed by atoms with E-state index in [1.54, 1.807) is 30.3 Å². The highest BCUT2D eigenvalue weighted by molar-refractivity contribution is 6.44. The highest BCUT2D eigenvalue weighted by Crippen LogP contribution is 2.39. The summed E-state index contributed by atoms with van der Waals surface area (Å²) in [4.78, 5) is 28.2. The highest BCUT2D eigenvalue weighted by Gasteiger charge is 2.39. The smallest absolute Gasteiger partial charge is 0.251 e. The maximum absolute atomic E-state index is 13.1. The number of hydrogen-bond donors (Lipinski definition) is 2. The van der Waals surface area contributed by atoms with Crippen LogP contribution in [0.15, 0.2) is 30.3 Å². The fraction of sp³-hybridized carbons (Fsp3) is 0.462. The van der Waals surface area contributed by atoms with Crippen LogP contribution in [0.3, 0.4) is 0 Å². The number of ether oxygens (including phenoxy) is 3. The molecule has 2 aromatic rings. The van der Waals surface area contributed by atoms with Crippen LogP contribution in [-0.4, -0.2) is 62.7 Å². The predicted octanol–water partition coefficient (Wildman–Crippen LogP) is 4.77. The van der Waals surface area contributed by atoms with Crippen molar-refractivity contribution in [2.45, 2.75) is 50.2 Å². The van der Waals surface area contributed by atoms with Gasteiger partial charge in [-0.15, -0.1) is 0 Å². The van der Waals surface area contributed by atoms with E-state index in [9.17, 15) is 9.59 Å². The molecule has 2 atom stereocenters. The molecule has 2 amide bonds. The first-order chi connectivity index (χ1) is 17.3. The molecule has 2 N–H and O–H groups in total. The first-order valence-electron chi connectivity index (χ1n) is 11.9. The largest absolute Gasteiger partial charge is 0.493 e. The molecule has 8 nitrogen and oxygen atoms in total. The third-order valence-corrected chi connectivity index (χ3v) is 7.76. The molecule has 2 fully saturated rings. The number of piperidine rings is 2. The standard InChI is InChI=1S/C26H31Cl2N3O5/c1-34-21-10-15(11-22(35-2)25(21)36-3)26(33)29-16-12-17-6-4-7-18(13-16)31(17)14-23(32)30-20-9-5-8-19(27)24(20)28/h5,8-11,16-18H,4,6-7,12-14H2,1-3H3,(H,29,33)(H,30,32). The van der Waals surface area contributed by atoms with Gasteiger partial charge >= 0.3 is 0 Å². The summed E-state index contributed by atoms with van der Waals surface area (Å²) in [5.41, 5.74) is 0.946. The minimum atomic E-state index is -0.195. The molecule has 2 unspecified atom stereocenters. The summed E-state index contributed by atoms with van der Waals surface area (Å²) in [5, 5.41) is 6.80. The van der Waals surface area contributed by atoms with Crippen molar-refractivity contribution in [3.05, 3.63) is 45.9 Å². The van der Waals surface area contributed by atoms with Gasteiger partial charge in [-0.2, -0.15) is 0 Å². The number of carbonyl (C=O) groups is 2. The lowest BCUT2D eigenvalue weighted by atomic mass is 9.81. The Hall–Kier alpha value is -2.68. The van der Waals surface area contributed by atoms with E-state index in [0.29, 0.717) is 38.5 Å². The second-order valence-corrected chi connectivity index (χ2v) is 9.90. The fourth-order valence-electron chi connectivity index (χ4n) is 5.29. The number of halogens is 2. The van der Waals surface area contributed by atoms with Crippen molar-refractivity contribution in [3.8, 4) is 17.2 Å². The molecule has 194 valence electrons. The molecule has 2 aromatic carbocycles. The average molecular weight is 536 g/mol. The molecule has 36 heavy (non-hydrogen) atoms. The van der Waals surface area contributed by atoms with Crippen molar-refractivity contribution in [2.75, 3.05) is 33.2 Å². The quantitative estimate of drug-likeness (QED) is 0.505. The van der Waals surface area contributed by atoms with E-state index in [0.717, 1.165) is 32.1 Å². The van der Waals surface area contributed by atoms with Gasteiger partial charge in [0.1, 0.15) is 0 Å². The number of amides is 2. The summed E-state index contributed by atoms with van der Waals surface area (Å²) in [7, 11) is 4.56. The van der Waals surface area contributed by atoms with Gasteiger partial charge in [-0.3, -0.25) is 14.5 Å². The van der Waals surface area contributed by atoms with Gasteiger partial charge in [0.25, 0.3) is 5.91 Å². The maximum atomic E-state index is 13.1. The molecule has 0 radical (unpaired) electrons. The third-order valence-electron chi connectivity index (χ3n) is 6.94. The predicted molar refractivity (Wildman–Crippen MR) is 140 cm³/mol. The number of rotatable bonds is 8. The minimum absolute atomic E-state index is 0.00794. The molecule has 2 bridgehead atoms. The first kappa shape index (κ1) is 26.4. The fourth-order valence-corrected chi connectivity index (χ4v) is 5.64. The Morgan fingerprint density at radius 1 is 1.00 bits per heavy atom. The molecule has 0 aliphatic carbocycles. The zero-order chi connectivity index (χ0) is 25.8. The van der Waals surface area contributed by atoms with Crippen molar-refractivity contribution >= 4 is 40.7 Å². The zero-order valence-electron chi connectivity index (χ0n) is 20.6. The number of fused-ring (bicyclic) bond motifs is 2. The second kappa shape index (κ2) is 11.6. The Labute approximate surface area is 221 Å². The number of benzene rings is 2. The van der Waals surface area contributed by atoms with Gasteiger partial charge in [-0.25, -0.2) is 0 Å². The van der Waals surface area contributed by atoms with Gasteiger partial charge in [-0.1, -0.05) is 35.7 Å². The van der Waals surface area contributed by atoms with Crippen molar-refractivity contribution < 1.29 is 23.8 Å². The molecule has 2 aliphatic heterocycles. The Kier molecular flexibility index (Phi) is 8.49. The van der Waals surface area contributed by atoms with Gasteiger partial charge in [-0.05, 0) is 49.9 Å². The summed E-state index contributed by atoms with van der Waals surface area (Å²) < 4.78 is 16.1. The molecule has 0 saturated carbocycles. The van der Waals surface area contributed by atoms with Gasteiger partial charge in [0.2, 0.25) is 11.7 Å². The lowest BCUT2D eigenvalue weighted by Gasteiger charge is -2.48. The van der Waals surface area contributed by atoms with Gasteiger partial charge in [0.15, 0.2) is 11.5 Å². The van der Waals surface area contributed by atoms with Crippen molar-refractivity contribution in [1.29, 1.82) is 0 Å². The molecule has 10 heteroatoms. The Bertz CT molecular complexity index is 1090. The van der Waals surface area contributed by atoms with E-state index >= 15 is 0 Å². The topological polar surface area (TPSA) is 89.1 Å². The summed E-state index contributed by atoms with van der Waals surface area (Å²) in [6, 6.07) is 8.90. The van der Waals surface area contributed by atoms with E-state index in [4.69, 9.17) is 37.4 Å². The second-order valence-electron chi connectivity index (χ2n) is 9.12. The van der Waals surface area contributed by atoms with Crippen molar-refractivity contribution in [1.82, 2.24) is 10.2 Å². The van der Waals surface area contributed by atoms with Crippen LogP contribution in [0.5, 0.6) is 17.2 Å². The van der Waals surface area contributed by atoms with E-state index in [2.05, 4.69) is 15.5 Å². The Balaban J connectivity index is 1.41. The van der Waals surface area contributed by atoms with Crippen LogP contribution in [0.2, 0.25) is 10.0 Å². The van der Waals surface area contributed by atoms with Crippen molar-refractivity contribution in [3.63, 3.8) is 0 Å². The zero-order valence-corrected chi connectivity index (χ0v) is 22.1. The van der Waals surface area contributed by atoms with Crippen LogP contribution in [0, 0.1) is 0 Å². The van der Waals surface area contributed by atoms with Gasteiger partial charge < -0.3 is 24.8 Å². The first-order valence-corrected chi connectivity index (χ1v) is 12.7. The maximum Gasteiger partial charge on any atom is 0.251 e. The molecule has 0 aromatic heterocycles. The number of carbonyl (C=O) groups excluding carboxylic acids is 2. The molecule has 2 saturated heterocycles. The summed E-state index contributed by atoms with van der Waals surface area (Å²) in [6.07, 6.45) is 4.63. The molecular weight excluding hydrogens is 505 g/mol. The number of hydrogen-bond acceptors (Lipinski definition) is 6. The highest BCUT2D eigenvalue weighted by atomic mass is 35.5. The molecule has 2 heterocycles. The van der Waals surface area contributed by atoms with Crippen molar-refractivity contribution in [2.24, 2.45) is 0 Å². The van der Waals surface area contributed by atoms with Crippen LogP contribution in [0.4, 0.5) is 5.69 Å². The Morgan fingerprint density at radius 3 is 2.22 bits per heavy atom. The summed E-state index contributed by atoms with van der Waals surface area (Å²) >= 11 is 12.3. The van der Waals surface area contributed by atoms with Crippen LogP contribution < -0.4 is 24.8 Å². The van der Waals surface area contributed by atoms with E-state index in [1.807, 2.05) is 0 Å². The number of anilines is 1. The monoisotopic (exact) mass is 535 g/mol. The van der Waals surface area contributed by atoms with Gasteiger partial charge in [0.05, 0.1) is 43.6 Å². The molecule has 0 spiro atoms. The number of nitrogens with one attached hydrogen (secondary N) is 2. The number of nitrogens with zero attached hydrogens (tertiary/aromatic N) is 1. The van der Waals surface area contributed by atoms with Gasteiger partial charge in [0, 0.05) is 23.7 Å². The summed E-state index contributed by atoms with van der Waals surface area (Å²) in [5.74, 6) is 0.978. The molecular formula is C26H31Cl2N3O5. The number of methoxy groups -OCH3 is 3. The third kappa shape index (κ3) is 5.66. The lowest BCUT2D eigenvalue weighted by Crippen LogP contribution is -2.58. The average Bonchev–Trinajstić information content (AvgIpc) is 2.86. The minimum Gasteiger partial charge on any atom is -0.493 e. The summed E-state index contributed by atoms with van der Waals surface area (Å²) in [6.45, 7) is 0.270. The SMILES string of the molecule is COc1cc(C(=O)NC2CC3CCCC(C2)N3CC(=O)Nc2cccc(Cl)c2Cl)cc(OC)c1OC.